The Morgan fingerprint density at radius 2 is 1.87 bits per heavy atom. The van der Waals surface area contributed by atoms with Gasteiger partial charge in [0.2, 0.25) is 0 Å². The first-order chi connectivity index (χ1) is 10.8. The highest BCUT2D eigenvalue weighted by atomic mass is 16.3. The standard InChI is InChI=1S/C22H32O/c1-21(2,3)20-10-9-19-18-7-5-14-13-15(23)6-8-16(14)17(18)11-12-22(19,20)4/h6,8,13,17-20,23H,5,7,9-12H2,1-4H3/t17-,18-,19+,20-,22+/m1/s1. The maximum Gasteiger partial charge on any atom is 0.115 e. The molecule has 1 aromatic rings. The summed E-state index contributed by atoms with van der Waals surface area (Å²) in [6, 6.07) is 6.15. The Kier molecular flexibility index (Phi) is 3.38. The van der Waals surface area contributed by atoms with Gasteiger partial charge in [0.15, 0.2) is 0 Å². The van der Waals surface area contributed by atoms with Crippen molar-refractivity contribution in [3.63, 3.8) is 0 Å². The number of phenols is 1. The Bertz CT molecular complexity index is 611. The van der Waals surface area contributed by atoms with Crippen LogP contribution >= 0.6 is 0 Å². The molecule has 0 unspecified atom stereocenters. The lowest BCUT2D eigenvalue weighted by Crippen LogP contribution is -2.45. The molecule has 2 fully saturated rings. The molecule has 5 atom stereocenters. The van der Waals surface area contributed by atoms with E-state index in [9.17, 15) is 5.11 Å². The summed E-state index contributed by atoms with van der Waals surface area (Å²) in [6.07, 6.45) is 8.10. The summed E-state index contributed by atoms with van der Waals surface area (Å²) >= 11 is 0. The summed E-state index contributed by atoms with van der Waals surface area (Å²) in [6.45, 7) is 9.98. The SMILES string of the molecule is CC(C)(C)[C@H]1CC[C@H]2[C@@H]3CCc4cc(O)ccc4[C@H]3CC[C@]12C. The number of benzene rings is 1. The monoisotopic (exact) mass is 312 g/mol. The van der Waals surface area contributed by atoms with Crippen LogP contribution in [0.15, 0.2) is 18.2 Å². The van der Waals surface area contributed by atoms with E-state index in [0.29, 0.717) is 16.6 Å². The molecule has 0 aromatic heterocycles. The van der Waals surface area contributed by atoms with E-state index < -0.39 is 0 Å². The minimum absolute atomic E-state index is 0.439. The van der Waals surface area contributed by atoms with Gasteiger partial charge in [-0.3, -0.25) is 0 Å². The molecule has 0 heterocycles. The molecule has 1 N–H and O–H groups in total. The van der Waals surface area contributed by atoms with Crippen molar-refractivity contribution in [1.29, 1.82) is 0 Å². The van der Waals surface area contributed by atoms with Gasteiger partial charge < -0.3 is 5.11 Å². The quantitative estimate of drug-likeness (QED) is 0.631. The highest BCUT2D eigenvalue weighted by Gasteiger charge is 2.56. The third-order valence-electron chi connectivity index (χ3n) is 7.76. The Morgan fingerprint density at radius 3 is 2.61 bits per heavy atom. The van der Waals surface area contributed by atoms with E-state index in [0.717, 1.165) is 30.1 Å². The number of hydrogen-bond donors (Lipinski definition) is 1. The Balaban J connectivity index is 1.67. The molecule has 3 aliphatic carbocycles. The van der Waals surface area contributed by atoms with E-state index in [-0.39, 0.29) is 0 Å². The van der Waals surface area contributed by atoms with Crippen molar-refractivity contribution in [2.45, 2.75) is 72.1 Å². The van der Waals surface area contributed by atoms with Gasteiger partial charge in [-0.25, -0.2) is 0 Å². The van der Waals surface area contributed by atoms with Crippen molar-refractivity contribution in [2.24, 2.45) is 28.6 Å². The van der Waals surface area contributed by atoms with Gasteiger partial charge in [0.05, 0.1) is 0 Å². The molecule has 1 aromatic carbocycles. The second kappa shape index (κ2) is 5.01. The molecule has 0 amide bonds. The number of hydrogen-bond acceptors (Lipinski definition) is 1. The van der Waals surface area contributed by atoms with Crippen LogP contribution in [0.4, 0.5) is 0 Å². The van der Waals surface area contributed by atoms with E-state index in [1.54, 1.807) is 5.56 Å². The second-order valence-electron chi connectivity index (χ2n) is 9.84. The third kappa shape index (κ3) is 2.26. The first-order valence-corrected chi connectivity index (χ1v) is 9.62. The normalized spacial score (nSPS) is 39.5. The third-order valence-corrected chi connectivity index (χ3v) is 7.76. The van der Waals surface area contributed by atoms with Gasteiger partial charge in [-0.2, -0.15) is 0 Å². The number of phenolic OH excluding ortho intramolecular Hbond substituents is 1. The van der Waals surface area contributed by atoms with Crippen molar-refractivity contribution < 1.29 is 5.11 Å². The van der Waals surface area contributed by atoms with Crippen molar-refractivity contribution in [1.82, 2.24) is 0 Å². The van der Waals surface area contributed by atoms with Crippen molar-refractivity contribution in [3.8, 4) is 5.75 Å². The average molecular weight is 312 g/mol. The summed E-state index contributed by atoms with van der Waals surface area (Å²) in [4.78, 5) is 0. The number of fused-ring (bicyclic) bond motifs is 5. The number of aryl methyl sites for hydroxylation is 1. The van der Waals surface area contributed by atoms with Crippen molar-refractivity contribution >= 4 is 0 Å². The van der Waals surface area contributed by atoms with Crippen LogP contribution in [-0.4, -0.2) is 5.11 Å². The predicted octanol–water partition coefficient (Wildman–Crippen LogP) is 5.91. The largest absolute Gasteiger partial charge is 0.508 e. The smallest absolute Gasteiger partial charge is 0.115 e. The van der Waals surface area contributed by atoms with Crippen LogP contribution in [0.2, 0.25) is 0 Å². The topological polar surface area (TPSA) is 20.2 Å². The maximum absolute atomic E-state index is 9.80. The molecule has 23 heavy (non-hydrogen) atoms. The molecule has 0 bridgehead atoms. The summed E-state index contributed by atoms with van der Waals surface area (Å²) < 4.78 is 0. The van der Waals surface area contributed by atoms with E-state index in [2.05, 4.69) is 33.8 Å². The summed E-state index contributed by atoms with van der Waals surface area (Å²) in [7, 11) is 0. The number of rotatable bonds is 0. The van der Waals surface area contributed by atoms with Crippen LogP contribution in [0.25, 0.3) is 0 Å². The Hall–Kier alpha value is -0.980. The zero-order valence-electron chi connectivity index (χ0n) is 15.2. The number of aromatic hydroxyl groups is 1. The van der Waals surface area contributed by atoms with E-state index in [1.807, 2.05) is 12.1 Å². The molecule has 0 radical (unpaired) electrons. The fraction of sp³-hybridized carbons (Fsp3) is 0.727. The van der Waals surface area contributed by atoms with E-state index >= 15 is 0 Å². The zero-order valence-corrected chi connectivity index (χ0v) is 15.2. The minimum Gasteiger partial charge on any atom is -0.508 e. The lowest BCUT2D eigenvalue weighted by molar-refractivity contribution is -0.00905. The molecule has 1 nitrogen and oxygen atoms in total. The van der Waals surface area contributed by atoms with Crippen LogP contribution in [0.3, 0.4) is 0 Å². The lowest BCUT2D eigenvalue weighted by atomic mass is 9.52. The second-order valence-corrected chi connectivity index (χ2v) is 9.84. The van der Waals surface area contributed by atoms with E-state index in [4.69, 9.17) is 0 Å². The average Bonchev–Trinajstić information content (AvgIpc) is 2.84. The first kappa shape index (κ1) is 15.5. The summed E-state index contributed by atoms with van der Waals surface area (Å²) in [5, 5.41) is 9.80. The first-order valence-electron chi connectivity index (χ1n) is 9.62. The van der Waals surface area contributed by atoms with Crippen LogP contribution in [-0.2, 0) is 6.42 Å². The lowest BCUT2D eigenvalue weighted by Gasteiger charge is -2.53. The van der Waals surface area contributed by atoms with Gasteiger partial charge in [-0.05, 0) is 96.3 Å². The molecular weight excluding hydrogens is 280 g/mol. The zero-order chi connectivity index (χ0) is 16.4. The summed E-state index contributed by atoms with van der Waals surface area (Å²) in [5.41, 5.74) is 3.96. The molecule has 2 saturated carbocycles. The minimum atomic E-state index is 0.439. The van der Waals surface area contributed by atoms with Crippen LogP contribution in [0.1, 0.15) is 76.8 Å². The fourth-order valence-corrected chi connectivity index (χ4v) is 6.99. The van der Waals surface area contributed by atoms with Gasteiger partial charge in [-0.1, -0.05) is 33.8 Å². The van der Waals surface area contributed by atoms with E-state index in [1.165, 1.54) is 37.7 Å². The predicted molar refractivity (Wildman–Crippen MR) is 95.7 cm³/mol. The van der Waals surface area contributed by atoms with Crippen molar-refractivity contribution in [2.75, 3.05) is 0 Å². The molecule has 0 aliphatic heterocycles. The van der Waals surface area contributed by atoms with Gasteiger partial charge in [0.25, 0.3) is 0 Å². The molecule has 0 saturated heterocycles. The Morgan fingerprint density at radius 1 is 1.09 bits per heavy atom. The van der Waals surface area contributed by atoms with Gasteiger partial charge in [0, 0.05) is 0 Å². The van der Waals surface area contributed by atoms with Gasteiger partial charge in [0.1, 0.15) is 5.75 Å². The maximum atomic E-state index is 9.80. The molecule has 3 aliphatic rings. The molecule has 1 heteroatoms. The van der Waals surface area contributed by atoms with Crippen molar-refractivity contribution in [3.05, 3.63) is 29.3 Å². The Labute approximate surface area is 141 Å². The highest BCUT2D eigenvalue weighted by molar-refractivity contribution is 5.40. The van der Waals surface area contributed by atoms with Gasteiger partial charge in [-0.15, -0.1) is 0 Å². The molecule has 4 rings (SSSR count). The van der Waals surface area contributed by atoms with Crippen LogP contribution in [0, 0.1) is 28.6 Å². The molecule has 126 valence electrons. The molecular formula is C22H32O. The molecule has 0 spiro atoms. The van der Waals surface area contributed by atoms with Gasteiger partial charge >= 0.3 is 0 Å². The fourth-order valence-electron chi connectivity index (χ4n) is 6.99. The van der Waals surface area contributed by atoms with Crippen LogP contribution in [0.5, 0.6) is 5.75 Å². The van der Waals surface area contributed by atoms with Crippen LogP contribution < -0.4 is 0 Å². The highest BCUT2D eigenvalue weighted by Crippen LogP contribution is 2.65. The summed E-state index contributed by atoms with van der Waals surface area (Å²) in [5.74, 6) is 3.85.